The normalized spacial score (nSPS) is 26.2. The van der Waals surface area contributed by atoms with Crippen molar-refractivity contribution in [2.75, 3.05) is 18.9 Å². The van der Waals surface area contributed by atoms with Crippen molar-refractivity contribution in [3.05, 3.63) is 12.7 Å². The smallest absolute Gasteiger partial charge is 1.00 e. The Morgan fingerprint density at radius 3 is 2.49 bits per heavy atom. The second kappa shape index (κ2) is 12.9. The molecule has 37 heavy (non-hydrogen) atoms. The van der Waals surface area contributed by atoms with Gasteiger partial charge in [-0.3, -0.25) is 13.6 Å². The van der Waals surface area contributed by atoms with Crippen LogP contribution in [0.1, 0.15) is 7.65 Å². The van der Waals surface area contributed by atoms with Crippen molar-refractivity contribution in [1.29, 1.82) is 0 Å². The summed E-state index contributed by atoms with van der Waals surface area (Å²) in [5, 5.41) is 49.0. The van der Waals surface area contributed by atoms with Crippen molar-refractivity contribution in [3.63, 3.8) is 0 Å². The minimum absolute atomic E-state index is 0. The second-order valence-corrected chi connectivity index (χ2v) is 10.4. The summed E-state index contributed by atoms with van der Waals surface area (Å²) in [7, 11) is -11.0. The molecule has 19 nitrogen and oxygen atoms in total. The van der Waals surface area contributed by atoms with Gasteiger partial charge in [-0.25, -0.2) is 24.1 Å². The Balaban J connectivity index is 0.00000361. The number of phosphoric acid groups is 2. The molecule has 2 aromatic rings. The number of carbonyl (C=O) groups excluding carboxylic acids is 1. The zero-order valence-electron chi connectivity index (χ0n) is 19.9. The molecular formula is C15H24N5NaO14P2. The molecule has 0 spiro atoms. The van der Waals surface area contributed by atoms with Crippen molar-refractivity contribution in [3.8, 4) is 0 Å². The van der Waals surface area contributed by atoms with Gasteiger partial charge in [0.05, 0.1) is 19.5 Å². The zero-order valence-corrected chi connectivity index (χ0v) is 22.7. The van der Waals surface area contributed by atoms with Crippen LogP contribution in [0.3, 0.4) is 0 Å². The number of aliphatic hydroxyl groups excluding tert-OH is 5. The third kappa shape index (κ3) is 7.58. The van der Waals surface area contributed by atoms with Crippen LogP contribution in [0.15, 0.2) is 12.7 Å². The standard InChI is InChI=1S/C15H23N5O14P2.Na.H/c16-13-9-14(18-4-17-13)20(5-19-9)15-12(26)11(25)8(32-15)3-31-36(30,34-35(27,28)29)33-7(2-22)10(24)6(23)1-21;;/h2,4-8,10-12,15,21,23-26H,1,3H2,(H2,16,17,18)(H2,27,28,29);;/q;+1;-1/t6-,7+,8-,10-,11-,12-,15-,36?;;/m1../s1. The first-order chi connectivity index (χ1) is 16.8. The van der Waals surface area contributed by atoms with Gasteiger partial charge in [-0.1, -0.05) is 0 Å². The Hall–Kier alpha value is -0.960. The number of phosphoric ester groups is 1. The maximum absolute atomic E-state index is 12.9. The van der Waals surface area contributed by atoms with Crippen LogP contribution in [0.4, 0.5) is 5.82 Å². The maximum Gasteiger partial charge on any atom is 1.00 e. The van der Waals surface area contributed by atoms with Crippen molar-refractivity contribution in [2.24, 2.45) is 0 Å². The summed E-state index contributed by atoms with van der Waals surface area (Å²) in [5.41, 5.74) is 6.00. The SMILES string of the molecule is Nc1ncnc2c1ncn2[C@@H]1O[C@H](COP(=O)(O[C@@H](C=O)[C@H](O)[C@H](O)CO)OP(=O)(O)O)[C@@H](O)[C@H]1O.[H-].[Na+]. The molecule has 3 rings (SSSR count). The Kier molecular flexibility index (Phi) is 11.3. The maximum atomic E-state index is 12.9. The fraction of sp³-hybridized carbons (Fsp3) is 0.600. The van der Waals surface area contributed by atoms with Crippen molar-refractivity contribution < 1.29 is 98.3 Å². The Bertz CT molecular complexity index is 1170. The molecule has 0 radical (unpaired) electrons. The first kappa shape index (κ1) is 32.3. The third-order valence-corrected chi connectivity index (χ3v) is 7.52. The van der Waals surface area contributed by atoms with Gasteiger partial charge in [0.1, 0.15) is 42.4 Å². The third-order valence-electron chi connectivity index (χ3n) is 4.90. The van der Waals surface area contributed by atoms with Gasteiger partial charge in [-0.15, -0.1) is 0 Å². The molecule has 1 fully saturated rings. The van der Waals surface area contributed by atoms with E-state index in [0.717, 1.165) is 6.33 Å². The van der Waals surface area contributed by atoms with Gasteiger partial charge in [0, 0.05) is 0 Å². The number of nitrogens with two attached hydrogens (primary N) is 1. The van der Waals surface area contributed by atoms with Gasteiger partial charge >= 0.3 is 45.2 Å². The summed E-state index contributed by atoms with van der Waals surface area (Å²) >= 11 is 0. The summed E-state index contributed by atoms with van der Waals surface area (Å²) in [4.78, 5) is 41.1. The molecule has 0 amide bonds. The van der Waals surface area contributed by atoms with E-state index in [-0.39, 0.29) is 54.3 Å². The van der Waals surface area contributed by atoms with Gasteiger partial charge < -0.3 is 52.0 Å². The van der Waals surface area contributed by atoms with E-state index in [1.165, 1.54) is 10.9 Å². The molecule has 1 aliphatic rings. The van der Waals surface area contributed by atoms with Gasteiger partial charge in [-0.2, -0.15) is 4.31 Å². The molecule has 0 aliphatic carbocycles. The number of nitrogens with zero attached hydrogens (tertiary/aromatic N) is 4. The first-order valence-electron chi connectivity index (χ1n) is 9.87. The Morgan fingerprint density at radius 2 is 1.89 bits per heavy atom. The summed E-state index contributed by atoms with van der Waals surface area (Å²) in [6, 6.07) is 0. The number of anilines is 1. The van der Waals surface area contributed by atoms with Crippen molar-refractivity contribution in [2.45, 2.75) is 42.9 Å². The topological polar surface area (TPSA) is 299 Å². The quantitative estimate of drug-likeness (QED) is 0.0654. The predicted molar refractivity (Wildman–Crippen MR) is 113 cm³/mol. The molecule has 22 heteroatoms. The molecule has 9 N–H and O–H groups in total. The monoisotopic (exact) mass is 583 g/mol. The first-order valence-corrected chi connectivity index (χ1v) is 12.9. The number of aldehydes is 1. The van der Waals surface area contributed by atoms with E-state index >= 15 is 0 Å². The molecule has 1 saturated heterocycles. The Morgan fingerprint density at radius 1 is 1.22 bits per heavy atom. The number of imidazole rings is 1. The molecule has 0 bridgehead atoms. The van der Waals surface area contributed by atoms with Crippen LogP contribution in [0.5, 0.6) is 0 Å². The van der Waals surface area contributed by atoms with Crippen molar-refractivity contribution >= 4 is 38.9 Å². The summed E-state index contributed by atoms with van der Waals surface area (Å²) < 4.78 is 44.4. The van der Waals surface area contributed by atoms with Crippen LogP contribution in [0, 0.1) is 0 Å². The zero-order chi connectivity index (χ0) is 26.8. The van der Waals surface area contributed by atoms with E-state index in [9.17, 15) is 34.4 Å². The van der Waals surface area contributed by atoms with Crippen LogP contribution in [-0.2, 0) is 32.0 Å². The van der Waals surface area contributed by atoms with E-state index in [2.05, 4.69) is 23.8 Å². The molecular weight excluding hydrogens is 559 g/mol. The molecule has 0 saturated carbocycles. The molecule has 2 aromatic heterocycles. The van der Waals surface area contributed by atoms with E-state index < -0.39 is 71.7 Å². The van der Waals surface area contributed by atoms with E-state index in [1.807, 2.05) is 0 Å². The fourth-order valence-electron chi connectivity index (χ4n) is 3.16. The van der Waals surface area contributed by atoms with E-state index in [4.69, 9.17) is 29.9 Å². The Labute approximate surface area is 230 Å². The summed E-state index contributed by atoms with van der Waals surface area (Å²) in [6.45, 7) is -2.04. The number of rotatable bonds is 12. The molecule has 3 heterocycles. The molecule has 204 valence electrons. The molecule has 8 atom stereocenters. The molecule has 1 unspecified atom stereocenters. The summed E-state index contributed by atoms with van der Waals surface area (Å²) in [5.74, 6) is 0.0255. The van der Waals surface area contributed by atoms with Gasteiger partial charge in [-0.05, 0) is 0 Å². The predicted octanol–water partition coefficient (Wildman–Crippen LogP) is -6.32. The van der Waals surface area contributed by atoms with E-state index in [0.29, 0.717) is 0 Å². The van der Waals surface area contributed by atoms with Crippen LogP contribution in [0.2, 0.25) is 0 Å². The van der Waals surface area contributed by atoms with Crippen molar-refractivity contribution in [1.82, 2.24) is 19.5 Å². The van der Waals surface area contributed by atoms with Crippen LogP contribution in [0.25, 0.3) is 11.2 Å². The number of carbonyl (C=O) groups is 1. The average Bonchev–Trinajstić information content (AvgIpc) is 3.36. The van der Waals surface area contributed by atoms with Gasteiger partial charge in [0.25, 0.3) is 0 Å². The minimum Gasteiger partial charge on any atom is -1.00 e. The van der Waals surface area contributed by atoms with Crippen LogP contribution >= 0.6 is 15.6 Å². The number of ether oxygens (including phenoxy) is 1. The minimum atomic E-state index is -5.60. The van der Waals surface area contributed by atoms with Crippen LogP contribution in [-0.4, -0.2) is 111 Å². The summed E-state index contributed by atoms with van der Waals surface area (Å²) in [6.07, 6.45) is -10.5. The van der Waals surface area contributed by atoms with Gasteiger partial charge in [0.15, 0.2) is 30.1 Å². The largest absolute Gasteiger partial charge is 1.00 e. The fourth-order valence-corrected chi connectivity index (χ4v) is 5.41. The number of nitrogen functional groups attached to an aromatic ring is 1. The average molecular weight is 583 g/mol. The molecule has 0 aromatic carbocycles. The number of hydrogen-bond donors (Lipinski definition) is 8. The number of aromatic nitrogens is 4. The number of aliphatic hydroxyl groups is 5. The number of fused-ring (bicyclic) bond motifs is 1. The molecule has 1 aliphatic heterocycles. The van der Waals surface area contributed by atoms with Gasteiger partial charge in [0.2, 0.25) is 0 Å². The van der Waals surface area contributed by atoms with E-state index in [1.54, 1.807) is 0 Å². The second-order valence-electron chi connectivity index (χ2n) is 7.39. The van der Waals surface area contributed by atoms with Crippen LogP contribution < -0.4 is 35.3 Å². The number of hydrogen-bond acceptors (Lipinski definition) is 16.